The van der Waals surface area contributed by atoms with E-state index in [-0.39, 0.29) is 5.82 Å². The number of anilines is 1. The van der Waals surface area contributed by atoms with Crippen LogP contribution in [-0.2, 0) is 19.7 Å². The zero-order valence-corrected chi connectivity index (χ0v) is 19.9. The summed E-state index contributed by atoms with van der Waals surface area (Å²) in [5.74, 6) is -1.04. The van der Waals surface area contributed by atoms with Gasteiger partial charge in [-0.1, -0.05) is 51.1 Å². The first-order valence-electron chi connectivity index (χ1n) is 10.3. The van der Waals surface area contributed by atoms with E-state index < -0.39 is 35.1 Å². The van der Waals surface area contributed by atoms with Crippen LogP contribution in [0.25, 0.3) is 0 Å². The number of nitrogens with zero attached hydrogens (tertiary/aromatic N) is 3. The molecule has 1 aromatic heterocycles. The summed E-state index contributed by atoms with van der Waals surface area (Å²) in [4.78, 5) is 38.5. The molecule has 9 heteroatoms. The highest BCUT2D eigenvalue weighted by atomic mass is 16.6. The second-order valence-electron chi connectivity index (χ2n) is 9.53. The molecule has 1 aromatic carbocycles. The van der Waals surface area contributed by atoms with Gasteiger partial charge >= 0.3 is 18.2 Å². The number of carbonyl (C=O) groups is 3. The number of ether oxygens (including phenoxy) is 2. The number of rotatable bonds is 4. The van der Waals surface area contributed by atoms with E-state index >= 15 is 0 Å². The van der Waals surface area contributed by atoms with Gasteiger partial charge in [0.1, 0.15) is 5.60 Å². The minimum atomic E-state index is -0.899. The lowest BCUT2D eigenvalue weighted by Gasteiger charge is -2.21. The number of hydrogen-bond donors (Lipinski definition) is 1. The fraction of sp³-hybridized carbons (Fsp3) is 0.478. The average molecular weight is 445 g/mol. The van der Waals surface area contributed by atoms with Gasteiger partial charge in [-0.25, -0.2) is 14.6 Å². The molecule has 2 rings (SSSR count). The number of amides is 2. The zero-order chi connectivity index (χ0) is 24.3. The number of hydrogen-bond acceptors (Lipinski definition) is 6. The van der Waals surface area contributed by atoms with Crippen LogP contribution in [0.4, 0.5) is 15.4 Å². The van der Waals surface area contributed by atoms with E-state index in [9.17, 15) is 14.4 Å². The topological polar surface area (TPSA) is 103 Å². The van der Waals surface area contributed by atoms with Crippen LogP contribution in [0.3, 0.4) is 0 Å². The van der Waals surface area contributed by atoms with Gasteiger partial charge in [-0.3, -0.25) is 10.1 Å². The molecule has 0 bridgehead atoms. The van der Waals surface area contributed by atoms with E-state index in [1.54, 1.807) is 46.0 Å². The van der Waals surface area contributed by atoms with Crippen molar-refractivity contribution in [1.29, 1.82) is 0 Å². The highest BCUT2D eigenvalue weighted by Crippen LogP contribution is 2.29. The van der Waals surface area contributed by atoms with Gasteiger partial charge < -0.3 is 9.47 Å². The van der Waals surface area contributed by atoms with E-state index in [1.807, 2.05) is 39.0 Å². The molecule has 1 heterocycles. The maximum atomic E-state index is 12.6. The summed E-state index contributed by atoms with van der Waals surface area (Å²) in [6, 6.07) is 9.04. The lowest BCUT2D eigenvalue weighted by molar-refractivity contribution is -0.138. The molecule has 0 fully saturated rings. The first-order valence-corrected chi connectivity index (χ1v) is 10.3. The highest BCUT2D eigenvalue weighted by molar-refractivity contribution is 5.92. The Hall–Kier alpha value is -3.36. The molecule has 0 saturated heterocycles. The van der Waals surface area contributed by atoms with E-state index in [0.29, 0.717) is 5.56 Å². The molecule has 32 heavy (non-hydrogen) atoms. The fourth-order valence-electron chi connectivity index (χ4n) is 2.76. The number of nitrogens with one attached hydrogen (secondary N) is 1. The van der Waals surface area contributed by atoms with E-state index in [4.69, 9.17) is 9.47 Å². The molecule has 0 spiro atoms. The Kier molecular flexibility index (Phi) is 7.33. The van der Waals surface area contributed by atoms with E-state index in [2.05, 4.69) is 10.4 Å². The fourth-order valence-corrected chi connectivity index (χ4v) is 2.76. The Bertz CT molecular complexity index is 971. The highest BCUT2D eigenvalue weighted by Gasteiger charge is 2.28. The Morgan fingerprint density at radius 3 is 2.19 bits per heavy atom. The Balaban J connectivity index is 2.19. The molecular weight excluding hydrogens is 412 g/mol. The summed E-state index contributed by atoms with van der Waals surface area (Å²) < 4.78 is 10.3. The summed E-state index contributed by atoms with van der Waals surface area (Å²) >= 11 is 0. The number of benzene rings is 1. The Morgan fingerprint density at radius 1 is 1.06 bits per heavy atom. The molecule has 2 amide bonds. The third-order valence-corrected chi connectivity index (χ3v) is 4.54. The first-order chi connectivity index (χ1) is 14.7. The van der Waals surface area contributed by atoms with Crippen LogP contribution in [0.1, 0.15) is 65.5 Å². The number of esters is 1. The first kappa shape index (κ1) is 24.9. The minimum Gasteiger partial charge on any atom is -0.444 e. The number of carbonyl (C=O) groups excluding carboxylic acids is 3. The third-order valence-electron chi connectivity index (χ3n) is 4.54. The van der Waals surface area contributed by atoms with Crippen molar-refractivity contribution in [1.82, 2.24) is 9.89 Å². The van der Waals surface area contributed by atoms with Gasteiger partial charge in [-0.05, 0) is 38.7 Å². The Labute approximate surface area is 188 Å². The van der Waals surface area contributed by atoms with Crippen molar-refractivity contribution in [3.63, 3.8) is 0 Å². The lowest BCUT2D eigenvalue weighted by Crippen LogP contribution is -2.39. The van der Waals surface area contributed by atoms with Crippen molar-refractivity contribution in [2.45, 2.75) is 65.4 Å². The van der Waals surface area contributed by atoms with Crippen molar-refractivity contribution in [3.8, 4) is 0 Å². The monoisotopic (exact) mass is 444 g/mol. The second kappa shape index (κ2) is 9.42. The van der Waals surface area contributed by atoms with Crippen LogP contribution in [0.15, 0.2) is 36.5 Å². The molecule has 9 nitrogen and oxygen atoms in total. The van der Waals surface area contributed by atoms with Crippen molar-refractivity contribution in [3.05, 3.63) is 47.7 Å². The van der Waals surface area contributed by atoms with Crippen LogP contribution >= 0.6 is 0 Å². The van der Waals surface area contributed by atoms with Crippen LogP contribution in [0, 0.1) is 0 Å². The predicted octanol–water partition coefficient (Wildman–Crippen LogP) is 4.56. The molecular formula is C23H32N4O5. The van der Waals surface area contributed by atoms with Crippen LogP contribution < -0.4 is 10.3 Å². The van der Waals surface area contributed by atoms with Gasteiger partial charge in [0.15, 0.2) is 5.82 Å². The number of aromatic nitrogens is 2. The van der Waals surface area contributed by atoms with Gasteiger partial charge in [-0.2, -0.15) is 4.79 Å². The van der Waals surface area contributed by atoms with Crippen LogP contribution in [-0.4, -0.2) is 40.7 Å². The zero-order valence-electron chi connectivity index (χ0n) is 19.9. The summed E-state index contributed by atoms with van der Waals surface area (Å²) in [6.07, 6.45) is 0.0360. The molecule has 0 aliphatic carbocycles. The van der Waals surface area contributed by atoms with Crippen molar-refractivity contribution in [2.24, 2.45) is 0 Å². The summed E-state index contributed by atoms with van der Waals surface area (Å²) in [5, 5.41) is 7.97. The second-order valence-corrected chi connectivity index (χ2v) is 9.53. The lowest BCUT2D eigenvalue weighted by atomic mass is 9.89. The van der Waals surface area contributed by atoms with Crippen molar-refractivity contribution < 1.29 is 23.9 Å². The smallest absolute Gasteiger partial charge is 0.437 e. The largest absolute Gasteiger partial charge is 0.444 e. The third kappa shape index (κ3) is 6.57. The summed E-state index contributed by atoms with van der Waals surface area (Å²) in [5.41, 5.74) is 0.341. The molecule has 2 aromatic rings. The molecule has 1 N–H and O–H groups in total. The average Bonchev–Trinajstić information content (AvgIpc) is 3.09. The van der Waals surface area contributed by atoms with Crippen molar-refractivity contribution in [2.75, 3.05) is 17.4 Å². The van der Waals surface area contributed by atoms with Gasteiger partial charge in [0.05, 0.1) is 12.1 Å². The summed E-state index contributed by atoms with van der Waals surface area (Å²) in [7, 11) is 1.42. The Morgan fingerprint density at radius 2 is 1.66 bits per heavy atom. The molecule has 1 unspecified atom stereocenters. The van der Waals surface area contributed by atoms with Crippen molar-refractivity contribution >= 4 is 24.0 Å². The SMILES string of the molecule is CC(C(=O)OC(=O)N(C)n1cc(C(C)(C)C)c(NC(=O)OC(C)(C)C)n1)c1ccccc1. The molecule has 1 atom stereocenters. The molecule has 0 aliphatic rings. The molecule has 0 radical (unpaired) electrons. The molecule has 0 aliphatic heterocycles. The van der Waals surface area contributed by atoms with E-state index in [0.717, 1.165) is 10.6 Å². The molecule has 174 valence electrons. The quantitative estimate of drug-likeness (QED) is 0.548. The maximum Gasteiger partial charge on any atom is 0.437 e. The summed E-state index contributed by atoms with van der Waals surface area (Å²) in [6.45, 7) is 12.8. The normalized spacial score (nSPS) is 12.6. The van der Waals surface area contributed by atoms with Crippen LogP contribution in [0.5, 0.6) is 0 Å². The standard InChI is InChI=1S/C23H32N4O5/c1-15(16-12-10-9-11-13-16)19(28)31-21(30)26(8)27-14-17(22(2,3)4)18(25-27)24-20(29)32-23(5,6)7/h9-15H,1-8H3,(H,24,25,29). The van der Waals surface area contributed by atoms with Gasteiger partial charge in [0.25, 0.3) is 0 Å². The molecule has 0 saturated carbocycles. The minimum absolute atomic E-state index is 0.246. The van der Waals surface area contributed by atoms with Gasteiger partial charge in [0, 0.05) is 12.6 Å². The van der Waals surface area contributed by atoms with E-state index in [1.165, 1.54) is 11.8 Å². The predicted molar refractivity (Wildman–Crippen MR) is 121 cm³/mol. The maximum absolute atomic E-state index is 12.6. The van der Waals surface area contributed by atoms with Gasteiger partial charge in [0.2, 0.25) is 0 Å². The van der Waals surface area contributed by atoms with Crippen LogP contribution in [0.2, 0.25) is 0 Å². The van der Waals surface area contributed by atoms with Gasteiger partial charge in [-0.15, -0.1) is 5.10 Å².